The molecule has 0 radical (unpaired) electrons. The first-order chi connectivity index (χ1) is 12.1. The molecule has 3 aromatic carbocycles. The second kappa shape index (κ2) is 6.06. The highest BCUT2D eigenvalue weighted by molar-refractivity contribution is 5.51. The molecule has 0 saturated carbocycles. The first kappa shape index (κ1) is 15.4. The van der Waals surface area contributed by atoms with E-state index >= 15 is 0 Å². The van der Waals surface area contributed by atoms with Gasteiger partial charge in [-0.05, 0) is 41.5 Å². The molecule has 0 aromatic heterocycles. The van der Waals surface area contributed by atoms with Crippen molar-refractivity contribution in [3.05, 3.63) is 83.4 Å². The fourth-order valence-electron chi connectivity index (χ4n) is 3.50. The van der Waals surface area contributed by atoms with Crippen LogP contribution in [-0.4, -0.2) is 21.9 Å². The van der Waals surface area contributed by atoms with Crippen molar-refractivity contribution in [1.82, 2.24) is 0 Å². The van der Waals surface area contributed by atoms with Gasteiger partial charge in [0, 0.05) is 23.5 Å². The third kappa shape index (κ3) is 2.87. The van der Waals surface area contributed by atoms with E-state index in [0.717, 1.165) is 16.7 Å². The van der Waals surface area contributed by atoms with Gasteiger partial charge in [-0.3, -0.25) is 0 Å². The second-order valence-electron chi connectivity index (χ2n) is 6.30. The lowest BCUT2D eigenvalue weighted by molar-refractivity contribution is 0.247. The van der Waals surface area contributed by atoms with E-state index in [2.05, 4.69) is 0 Å². The summed E-state index contributed by atoms with van der Waals surface area (Å²) in [4.78, 5) is 0. The Hall–Kier alpha value is -3.14. The molecule has 4 nitrogen and oxygen atoms in total. The van der Waals surface area contributed by atoms with Crippen molar-refractivity contribution in [1.29, 1.82) is 0 Å². The Bertz CT molecular complexity index is 885. The molecule has 3 N–H and O–H groups in total. The molecule has 0 fully saturated rings. The Balaban J connectivity index is 1.84. The average molecular weight is 334 g/mol. The van der Waals surface area contributed by atoms with Gasteiger partial charge in [0.25, 0.3) is 0 Å². The molecule has 1 unspecified atom stereocenters. The highest BCUT2D eigenvalue weighted by atomic mass is 16.5. The minimum Gasteiger partial charge on any atom is -0.508 e. The number of benzene rings is 3. The summed E-state index contributed by atoms with van der Waals surface area (Å²) in [5, 5.41) is 28.9. The Labute approximate surface area is 145 Å². The van der Waals surface area contributed by atoms with E-state index in [-0.39, 0.29) is 29.1 Å². The summed E-state index contributed by atoms with van der Waals surface area (Å²) in [6.45, 7) is 0.465. The summed E-state index contributed by atoms with van der Waals surface area (Å²) in [5.74, 6) is 1.38. The summed E-state index contributed by atoms with van der Waals surface area (Å²) >= 11 is 0. The SMILES string of the molecule is Oc1ccc(C2COc3cc(O)ccc3[C@@H]2c2ccc(O)cc2)cc1. The lowest BCUT2D eigenvalue weighted by Gasteiger charge is -2.34. The quantitative estimate of drug-likeness (QED) is 0.659. The Morgan fingerprint density at radius 2 is 1.24 bits per heavy atom. The van der Waals surface area contributed by atoms with Crippen LogP contribution in [0.1, 0.15) is 28.5 Å². The number of rotatable bonds is 2. The van der Waals surface area contributed by atoms with Crippen molar-refractivity contribution in [2.24, 2.45) is 0 Å². The maximum absolute atomic E-state index is 9.75. The van der Waals surface area contributed by atoms with Gasteiger partial charge in [0.1, 0.15) is 23.0 Å². The number of ether oxygens (including phenoxy) is 1. The van der Waals surface area contributed by atoms with Crippen LogP contribution in [0.5, 0.6) is 23.0 Å². The van der Waals surface area contributed by atoms with Crippen LogP contribution in [0.4, 0.5) is 0 Å². The Morgan fingerprint density at radius 3 is 1.88 bits per heavy atom. The third-order valence-electron chi connectivity index (χ3n) is 4.73. The van der Waals surface area contributed by atoms with E-state index in [1.54, 1.807) is 36.4 Å². The number of aromatic hydroxyl groups is 3. The summed E-state index contributed by atoms with van der Waals surface area (Å²) in [6, 6.07) is 19.5. The summed E-state index contributed by atoms with van der Waals surface area (Å²) in [6.07, 6.45) is 0. The number of hydrogen-bond donors (Lipinski definition) is 3. The smallest absolute Gasteiger partial charge is 0.126 e. The topological polar surface area (TPSA) is 69.9 Å². The van der Waals surface area contributed by atoms with Crippen molar-refractivity contribution in [2.45, 2.75) is 11.8 Å². The summed E-state index contributed by atoms with van der Waals surface area (Å²) < 4.78 is 5.91. The molecule has 0 aliphatic carbocycles. The molecule has 2 atom stereocenters. The zero-order valence-corrected chi connectivity index (χ0v) is 13.5. The van der Waals surface area contributed by atoms with Crippen LogP contribution in [0.25, 0.3) is 0 Å². The van der Waals surface area contributed by atoms with Crippen LogP contribution in [0.2, 0.25) is 0 Å². The van der Waals surface area contributed by atoms with E-state index in [0.29, 0.717) is 12.4 Å². The largest absolute Gasteiger partial charge is 0.508 e. The first-order valence-corrected chi connectivity index (χ1v) is 8.15. The Morgan fingerprint density at radius 1 is 0.680 bits per heavy atom. The van der Waals surface area contributed by atoms with Crippen molar-refractivity contribution in [3.8, 4) is 23.0 Å². The summed E-state index contributed by atoms with van der Waals surface area (Å²) in [5.41, 5.74) is 3.12. The minimum atomic E-state index is 0.0227. The van der Waals surface area contributed by atoms with Crippen molar-refractivity contribution in [2.75, 3.05) is 6.61 Å². The van der Waals surface area contributed by atoms with Gasteiger partial charge in [-0.15, -0.1) is 0 Å². The normalized spacial score (nSPS) is 19.0. The van der Waals surface area contributed by atoms with Crippen molar-refractivity contribution in [3.63, 3.8) is 0 Å². The minimum absolute atomic E-state index is 0.0227. The number of phenolic OH excluding ortho intramolecular Hbond substituents is 3. The molecule has 0 amide bonds. The molecular weight excluding hydrogens is 316 g/mol. The standard InChI is InChI=1S/C21H18O4/c22-15-5-1-13(2-6-15)19-12-25-20-11-17(24)9-10-18(20)21(19)14-3-7-16(23)8-4-14/h1-11,19,21-24H,12H2/t19?,21-/m0/s1. The van der Waals surface area contributed by atoms with E-state index in [4.69, 9.17) is 4.74 Å². The monoisotopic (exact) mass is 334 g/mol. The van der Waals surface area contributed by atoms with Gasteiger partial charge in [-0.1, -0.05) is 30.3 Å². The molecular formula is C21H18O4. The van der Waals surface area contributed by atoms with E-state index in [9.17, 15) is 15.3 Å². The lowest BCUT2D eigenvalue weighted by atomic mass is 9.76. The third-order valence-corrected chi connectivity index (χ3v) is 4.73. The molecule has 0 saturated heterocycles. The molecule has 25 heavy (non-hydrogen) atoms. The molecule has 1 heterocycles. The summed E-state index contributed by atoms with van der Waals surface area (Å²) in [7, 11) is 0. The van der Waals surface area contributed by atoms with Gasteiger partial charge >= 0.3 is 0 Å². The van der Waals surface area contributed by atoms with Crippen LogP contribution < -0.4 is 4.74 Å². The predicted molar refractivity (Wildman–Crippen MR) is 94.4 cm³/mol. The van der Waals surface area contributed by atoms with E-state index in [1.807, 2.05) is 30.3 Å². The zero-order valence-electron chi connectivity index (χ0n) is 13.5. The molecule has 1 aliphatic rings. The van der Waals surface area contributed by atoms with Gasteiger partial charge in [-0.25, -0.2) is 0 Å². The van der Waals surface area contributed by atoms with Crippen LogP contribution in [-0.2, 0) is 0 Å². The molecule has 126 valence electrons. The maximum atomic E-state index is 9.75. The number of hydrogen-bond acceptors (Lipinski definition) is 4. The van der Waals surface area contributed by atoms with E-state index < -0.39 is 0 Å². The van der Waals surface area contributed by atoms with Crippen LogP contribution in [0, 0.1) is 0 Å². The molecule has 4 heteroatoms. The lowest BCUT2D eigenvalue weighted by Crippen LogP contribution is -2.25. The van der Waals surface area contributed by atoms with Crippen molar-refractivity contribution >= 4 is 0 Å². The molecule has 4 rings (SSSR count). The van der Waals surface area contributed by atoms with Crippen LogP contribution in [0.3, 0.4) is 0 Å². The van der Waals surface area contributed by atoms with Crippen LogP contribution in [0.15, 0.2) is 66.7 Å². The van der Waals surface area contributed by atoms with Crippen molar-refractivity contribution < 1.29 is 20.1 Å². The maximum Gasteiger partial charge on any atom is 0.126 e. The van der Waals surface area contributed by atoms with Gasteiger partial charge in [0.2, 0.25) is 0 Å². The predicted octanol–water partition coefficient (Wildman–Crippen LogP) is 4.11. The van der Waals surface area contributed by atoms with Gasteiger partial charge in [-0.2, -0.15) is 0 Å². The van der Waals surface area contributed by atoms with E-state index in [1.165, 1.54) is 0 Å². The zero-order chi connectivity index (χ0) is 17.4. The average Bonchev–Trinajstić information content (AvgIpc) is 2.62. The fourth-order valence-corrected chi connectivity index (χ4v) is 3.50. The highest BCUT2D eigenvalue weighted by Crippen LogP contribution is 2.47. The van der Waals surface area contributed by atoms with Crippen LogP contribution >= 0.6 is 0 Å². The second-order valence-corrected chi connectivity index (χ2v) is 6.30. The molecule has 3 aromatic rings. The highest BCUT2D eigenvalue weighted by Gasteiger charge is 2.33. The Kier molecular flexibility index (Phi) is 3.73. The molecule has 0 spiro atoms. The first-order valence-electron chi connectivity index (χ1n) is 8.15. The number of fused-ring (bicyclic) bond motifs is 1. The van der Waals surface area contributed by atoms with Gasteiger partial charge < -0.3 is 20.1 Å². The van der Waals surface area contributed by atoms with Gasteiger partial charge in [0.05, 0.1) is 6.61 Å². The molecule has 1 aliphatic heterocycles. The van der Waals surface area contributed by atoms with Gasteiger partial charge in [0.15, 0.2) is 0 Å². The molecule has 0 bridgehead atoms. The number of phenols is 3. The fraction of sp³-hybridized carbons (Fsp3) is 0.143.